The Morgan fingerprint density at radius 1 is 1.24 bits per heavy atom. The molecule has 0 aliphatic heterocycles. The van der Waals surface area contributed by atoms with Crippen LogP contribution in [-0.4, -0.2) is 19.2 Å². The zero-order valence-corrected chi connectivity index (χ0v) is 11.5. The van der Waals surface area contributed by atoms with Crippen molar-refractivity contribution in [1.82, 2.24) is 5.32 Å². The van der Waals surface area contributed by atoms with Gasteiger partial charge in [0.05, 0.1) is 6.10 Å². The second kappa shape index (κ2) is 7.33. The molecule has 1 atom stereocenters. The van der Waals surface area contributed by atoms with E-state index < -0.39 is 0 Å². The lowest BCUT2D eigenvalue weighted by Gasteiger charge is -2.14. The van der Waals surface area contributed by atoms with Crippen molar-refractivity contribution in [2.45, 2.75) is 40.2 Å². The highest BCUT2D eigenvalue weighted by Crippen LogP contribution is 2.17. The van der Waals surface area contributed by atoms with E-state index in [1.54, 1.807) is 0 Å². The Hall–Kier alpha value is -1.02. The molecule has 1 unspecified atom stereocenters. The van der Waals surface area contributed by atoms with Crippen LogP contribution in [0.2, 0.25) is 0 Å². The van der Waals surface area contributed by atoms with Crippen LogP contribution in [0, 0.1) is 5.92 Å². The quantitative estimate of drug-likeness (QED) is 0.783. The van der Waals surface area contributed by atoms with Crippen LogP contribution < -0.4 is 10.1 Å². The normalized spacial score (nSPS) is 12.8. The molecule has 0 aliphatic carbocycles. The molecule has 1 rings (SSSR count). The van der Waals surface area contributed by atoms with Crippen LogP contribution in [0.5, 0.6) is 5.75 Å². The highest BCUT2D eigenvalue weighted by atomic mass is 16.5. The van der Waals surface area contributed by atoms with Gasteiger partial charge in [-0.1, -0.05) is 26.0 Å². The predicted molar refractivity (Wildman–Crippen MR) is 73.6 cm³/mol. The summed E-state index contributed by atoms with van der Waals surface area (Å²) in [5.41, 5.74) is 1.36. The number of benzene rings is 1. The monoisotopic (exact) mass is 235 g/mol. The van der Waals surface area contributed by atoms with Crippen molar-refractivity contribution < 1.29 is 4.74 Å². The number of hydrogen-bond acceptors (Lipinski definition) is 2. The Morgan fingerprint density at radius 2 is 2.00 bits per heavy atom. The lowest BCUT2D eigenvalue weighted by Crippen LogP contribution is -2.21. The van der Waals surface area contributed by atoms with E-state index in [1.807, 2.05) is 6.07 Å². The summed E-state index contributed by atoms with van der Waals surface area (Å²) in [6.45, 7) is 10.6. The zero-order chi connectivity index (χ0) is 12.7. The molecule has 0 fully saturated rings. The van der Waals surface area contributed by atoms with E-state index in [1.165, 1.54) is 5.56 Å². The molecule has 0 saturated carbocycles. The highest BCUT2D eigenvalue weighted by molar-refractivity contribution is 5.28. The van der Waals surface area contributed by atoms with E-state index in [2.05, 4.69) is 51.2 Å². The average molecular weight is 235 g/mol. The summed E-state index contributed by atoms with van der Waals surface area (Å²) in [7, 11) is 0. The second-order valence-electron chi connectivity index (χ2n) is 4.93. The molecule has 2 nitrogen and oxygen atoms in total. The van der Waals surface area contributed by atoms with Gasteiger partial charge in [0.2, 0.25) is 0 Å². The van der Waals surface area contributed by atoms with Gasteiger partial charge in [0.25, 0.3) is 0 Å². The van der Waals surface area contributed by atoms with E-state index in [4.69, 9.17) is 4.74 Å². The third kappa shape index (κ3) is 5.73. The molecule has 0 spiro atoms. The molecule has 0 saturated heterocycles. The van der Waals surface area contributed by atoms with Gasteiger partial charge < -0.3 is 10.1 Å². The first kappa shape index (κ1) is 14.0. The molecule has 0 heterocycles. The van der Waals surface area contributed by atoms with E-state index in [0.717, 1.165) is 25.3 Å². The molecule has 0 aliphatic rings. The Labute approximate surface area is 105 Å². The topological polar surface area (TPSA) is 21.3 Å². The molecule has 0 aromatic heterocycles. The minimum atomic E-state index is 0.240. The van der Waals surface area contributed by atoms with Crippen molar-refractivity contribution in [3.8, 4) is 5.75 Å². The molecule has 17 heavy (non-hydrogen) atoms. The molecular formula is C15H25NO. The number of ether oxygens (including phenoxy) is 1. The van der Waals surface area contributed by atoms with Gasteiger partial charge in [-0.3, -0.25) is 0 Å². The summed E-state index contributed by atoms with van der Waals surface area (Å²) in [6.07, 6.45) is 1.34. The van der Waals surface area contributed by atoms with Crippen LogP contribution in [-0.2, 0) is 6.42 Å². The van der Waals surface area contributed by atoms with Gasteiger partial charge in [0, 0.05) is 0 Å². The smallest absolute Gasteiger partial charge is 0.119 e. The van der Waals surface area contributed by atoms with E-state index in [0.29, 0.717) is 5.92 Å². The largest absolute Gasteiger partial charge is 0.491 e. The molecule has 96 valence electrons. The molecule has 0 bridgehead atoms. The van der Waals surface area contributed by atoms with Gasteiger partial charge in [-0.2, -0.15) is 0 Å². The number of hydrogen-bond donors (Lipinski definition) is 1. The van der Waals surface area contributed by atoms with Crippen LogP contribution in [0.25, 0.3) is 0 Å². The maximum Gasteiger partial charge on any atom is 0.119 e. The summed E-state index contributed by atoms with van der Waals surface area (Å²) < 4.78 is 5.70. The van der Waals surface area contributed by atoms with Gasteiger partial charge >= 0.3 is 0 Å². The Kier molecular flexibility index (Phi) is 6.06. The summed E-state index contributed by atoms with van der Waals surface area (Å²) in [5.74, 6) is 1.64. The van der Waals surface area contributed by atoms with E-state index in [9.17, 15) is 0 Å². The number of nitrogens with one attached hydrogen (secondary N) is 1. The highest BCUT2D eigenvalue weighted by Gasteiger charge is 2.04. The van der Waals surface area contributed by atoms with Gasteiger partial charge in [-0.25, -0.2) is 0 Å². The van der Waals surface area contributed by atoms with Crippen molar-refractivity contribution in [2.75, 3.05) is 13.1 Å². The van der Waals surface area contributed by atoms with Crippen LogP contribution >= 0.6 is 0 Å². The summed E-state index contributed by atoms with van der Waals surface area (Å²) in [5, 5.41) is 3.38. The lowest BCUT2D eigenvalue weighted by molar-refractivity contribution is 0.242. The van der Waals surface area contributed by atoms with E-state index in [-0.39, 0.29) is 6.10 Å². The van der Waals surface area contributed by atoms with Crippen LogP contribution in [0.15, 0.2) is 24.3 Å². The van der Waals surface area contributed by atoms with Crippen LogP contribution in [0.1, 0.15) is 33.3 Å². The molecule has 0 radical (unpaired) electrons. The fourth-order valence-electron chi connectivity index (χ4n) is 1.88. The molecule has 1 aromatic carbocycles. The minimum absolute atomic E-state index is 0.240. The fourth-order valence-corrected chi connectivity index (χ4v) is 1.88. The molecule has 1 aromatic rings. The maximum absolute atomic E-state index is 5.70. The molecule has 1 N–H and O–H groups in total. The van der Waals surface area contributed by atoms with Gasteiger partial charge in [0.15, 0.2) is 0 Å². The first-order valence-corrected chi connectivity index (χ1v) is 6.58. The second-order valence-corrected chi connectivity index (χ2v) is 4.93. The molecule has 2 heteroatoms. The number of rotatable bonds is 7. The lowest BCUT2D eigenvalue weighted by atomic mass is 10.0. The van der Waals surface area contributed by atoms with Crippen molar-refractivity contribution in [3.63, 3.8) is 0 Å². The van der Waals surface area contributed by atoms with Crippen LogP contribution in [0.4, 0.5) is 0 Å². The summed E-state index contributed by atoms with van der Waals surface area (Å²) in [4.78, 5) is 0. The summed E-state index contributed by atoms with van der Waals surface area (Å²) >= 11 is 0. The standard InChI is InChI=1S/C15H25NO/c1-5-16-11-13(4)9-14-7-6-8-15(10-14)17-12(2)3/h6-8,10,12-13,16H,5,9,11H2,1-4H3. The average Bonchev–Trinajstić information content (AvgIpc) is 2.26. The van der Waals surface area contributed by atoms with Gasteiger partial charge in [-0.15, -0.1) is 0 Å². The first-order chi connectivity index (χ1) is 8.11. The maximum atomic E-state index is 5.70. The SMILES string of the molecule is CCNCC(C)Cc1cccc(OC(C)C)c1. The minimum Gasteiger partial charge on any atom is -0.491 e. The van der Waals surface area contributed by atoms with Gasteiger partial charge in [0.1, 0.15) is 5.75 Å². The Bertz CT molecular complexity index is 322. The van der Waals surface area contributed by atoms with Crippen molar-refractivity contribution in [3.05, 3.63) is 29.8 Å². The van der Waals surface area contributed by atoms with Crippen molar-refractivity contribution in [1.29, 1.82) is 0 Å². The molecular weight excluding hydrogens is 210 g/mol. The van der Waals surface area contributed by atoms with E-state index >= 15 is 0 Å². The zero-order valence-electron chi connectivity index (χ0n) is 11.5. The summed E-state index contributed by atoms with van der Waals surface area (Å²) in [6, 6.07) is 8.43. The van der Waals surface area contributed by atoms with Crippen molar-refractivity contribution in [2.24, 2.45) is 5.92 Å². The third-order valence-corrected chi connectivity index (χ3v) is 2.60. The molecule has 0 amide bonds. The predicted octanol–water partition coefficient (Wildman–Crippen LogP) is 3.26. The van der Waals surface area contributed by atoms with Crippen molar-refractivity contribution >= 4 is 0 Å². The first-order valence-electron chi connectivity index (χ1n) is 6.58. The third-order valence-electron chi connectivity index (χ3n) is 2.60. The fraction of sp³-hybridized carbons (Fsp3) is 0.600. The Morgan fingerprint density at radius 3 is 2.65 bits per heavy atom. The Balaban J connectivity index is 2.53. The van der Waals surface area contributed by atoms with Crippen LogP contribution in [0.3, 0.4) is 0 Å². The van der Waals surface area contributed by atoms with Gasteiger partial charge in [-0.05, 0) is 57.0 Å².